The summed E-state index contributed by atoms with van der Waals surface area (Å²) in [5, 5.41) is 18.0. The number of aliphatic hydroxyl groups excluding tert-OH is 2. The van der Waals surface area contributed by atoms with Gasteiger partial charge in [0.05, 0.1) is 18.8 Å². The monoisotopic (exact) mass is 272 g/mol. The van der Waals surface area contributed by atoms with Crippen LogP contribution in [-0.4, -0.2) is 45.7 Å². The van der Waals surface area contributed by atoms with Crippen molar-refractivity contribution in [3.63, 3.8) is 0 Å². The highest BCUT2D eigenvalue weighted by Gasteiger charge is 2.31. The van der Waals surface area contributed by atoms with E-state index in [2.05, 4.69) is 4.98 Å². The van der Waals surface area contributed by atoms with Crippen LogP contribution in [-0.2, 0) is 11.2 Å². The molecule has 0 aliphatic carbocycles. The van der Waals surface area contributed by atoms with Crippen molar-refractivity contribution in [2.45, 2.75) is 25.7 Å². The van der Waals surface area contributed by atoms with Crippen molar-refractivity contribution >= 4 is 0 Å². The highest BCUT2D eigenvalue weighted by molar-refractivity contribution is 5.26. The van der Waals surface area contributed by atoms with E-state index in [1.165, 1.54) is 4.57 Å². The number of hydrogen-bond donors (Lipinski definition) is 3. The molecule has 0 saturated heterocycles. The van der Waals surface area contributed by atoms with Crippen LogP contribution in [0, 0.1) is 0 Å². The lowest BCUT2D eigenvalue weighted by atomic mass is 10.2. The second-order valence-electron chi connectivity index (χ2n) is 4.16. The summed E-state index contributed by atoms with van der Waals surface area (Å²) in [5.41, 5.74) is -0.732. The molecule has 0 unspecified atom stereocenters. The van der Waals surface area contributed by atoms with Gasteiger partial charge in [-0.15, -0.1) is 0 Å². The summed E-state index contributed by atoms with van der Waals surface area (Å²) in [6, 6.07) is 0. The van der Waals surface area contributed by atoms with E-state index in [1.54, 1.807) is 6.92 Å². The highest BCUT2D eigenvalue weighted by Crippen LogP contribution is 2.27. The normalized spacial score (nSPS) is 17.6. The lowest BCUT2D eigenvalue weighted by Gasteiger charge is -2.18. The van der Waals surface area contributed by atoms with Gasteiger partial charge in [0, 0.05) is 0 Å². The standard InChI is InChI=1S/C11H16N2O6/c1-2-7-9(16)12-11(17)13-8(5-18-10(7)13)19-6(3-14)4-15/h6,8,14-15H,2-5H2,1H3,(H,12,16,17)/t8-/m0/s1. The summed E-state index contributed by atoms with van der Waals surface area (Å²) in [5.74, 6) is 0.191. The zero-order valence-corrected chi connectivity index (χ0v) is 10.5. The Kier molecular flexibility index (Phi) is 4.03. The van der Waals surface area contributed by atoms with E-state index in [0.29, 0.717) is 12.0 Å². The van der Waals surface area contributed by atoms with E-state index in [9.17, 15) is 9.59 Å². The molecule has 106 valence electrons. The Morgan fingerprint density at radius 2 is 2.16 bits per heavy atom. The van der Waals surface area contributed by atoms with Gasteiger partial charge < -0.3 is 19.7 Å². The Bertz CT molecular complexity index is 559. The molecule has 0 amide bonds. The smallest absolute Gasteiger partial charge is 0.333 e. The average Bonchev–Trinajstić information content (AvgIpc) is 2.80. The van der Waals surface area contributed by atoms with Crippen LogP contribution in [0.2, 0.25) is 0 Å². The second kappa shape index (κ2) is 5.55. The van der Waals surface area contributed by atoms with Crippen molar-refractivity contribution in [2.24, 2.45) is 0 Å². The SMILES string of the molecule is CCc1c2n(c(=O)[nH]c1=O)[C@@H](OC(CO)CO)CO2. The predicted octanol–water partition coefficient (Wildman–Crippen LogP) is -1.64. The number of aromatic amines is 1. The van der Waals surface area contributed by atoms with Crippen molar-refractivity contribution in [1.82, 2.24) is 9.55 Å². The largest absolute Gasteiger partial charge is 0.474 e. The third kappa shape index (κ3) is 2.42. The molecular weight excluding hydrogens is 256 g/mol. The molecule has 1 aliphatic rings. The Morgan fingerprint density at radius 3 is 2.74 bits per heavy atom. The van der Waals surface area contributed by atoms with Gasteiger partial charge in [0.15, 0.2) is 6.23 Å². The Hall–Kier alpha value is -1.64. The topological polar surface area (TPSA) is 114 Å². The van der Waals surface area contributed by atoms with E-state index in [0.717, 1.165) is 0 Å². The number of aliphatic hydroxyl groups is 2. The molecule has 2 rings (SSSR count). The van der Waals surface area contributed by atoms with Crippen LogP contribution in [0.25, 0.3) is 0 Å². The van der Waals surface area contributed by atoms with E-state index in [4.69, 9.17) is 19.7 Å². The van der Waals surface area contributed by atoms with Crippen LogP contribution in [0.3, 0.4) is 0 Å². The first-order valence-electron chi connectivity index (χ1n) is 6.00. The first kappa shape index (κ1) is 13.8. The predicted molar refractivity (Wildman–Crippen MR) is 64.3 cm³/mol. The maximum absolute atomic E-state index is 11.8. The van der Waals surface area contributed by atoms with Gasteiger partial charge in [-0.2, -0.15) is 0 Å². The minimum atomic E-state index is -0.802. The molecule has 3 N–H and O–H groups in total. The number of aromatic nitrogens is 2. The van der Waals surface area contributed by atoms with Crippen molar-refractivity contribution in [1.29, 1.82) is 0 Å². The quantitative estimate of drug-likeness (QED) is 0.592. The highest BCUT2D eigenvalue weighted by atomic mass is 16.6. The molecule has 2 heterocycles. The van der Waals surface area contributed by atoms with Gasteiger partial charge in [-0.25, -0.2) is 9.36 Å². The molecule has 8 heteroatoms. The minimum Gasteiger partial charge on any atom is -0.474 e. The lowest BCUT2D eigenvalue weighted by molar-refractivity contribution is -0.0934. The van der Waals surface area contributed by atoms with Crippen molar-refractivity contribution < 1.29 is 19.7 Å². The van der Waals surface area contributed by atoms with Crippen LogP contribution in [0.15, 0.2) is 9.59 Å². The van der Waals surface area contributed by atoms with Gasteiger partial charge in [-0.05, 0) is 6.42 Å². The zero-order chi connectivity index (χ0) is 14.0. The summed E-state index contributed by atoms with van der Waals surface area (Å²) in [4.78, 5) is 25.6. The maximum Gasteiger partial charge on any atom is 0.333 e. The van der Waals surface area contributed by atoms with Gasteiger partial charge in [0.25, 0.3) is 5.56 Å². The molecule has 0 fully saturated rings. The van der Waals surface area contributed by atoms with Crippen molar-refractivity contribution in [3.8, 4) is 5.88 Å². The molecule has 0 spiro atoms. The Morgan fingerprint density at radius 1 is 1.47 bits per heavy atom. The zero-order valence-electron chi connectivity index (χ0n) is 10.5. The fourth-order valence-electron chi connectivity index (χ4n) is 1.99. The van der Waals surface area contributed by atoms with E-state index >= 15 is 0 Å². The summed E-state index contributed by atoms with van der Waals surface area (Å²) in [6.45, 7) is 1.08. The number of nitrogens with one attached hydrogen (secondary N) is 1. The maximum atomic E-state index is 11.8. The molecular formula is C11H16N2O6. The van der Waals surface area contributed by atoms with Gasteiger partial charge in [-0.1, -0.05) is 6.92 Å². The molecule has 0 saturated carbocycles. The Balaban J connectivity index is 2.40. The molecule has 0 aromatic carbocycles. The first-order valence-corrected chi connectivity index (χ1v) is 6.00. The molecule has 0 bridgehead atoms. The third-order valence-corrected chi connectivity index (χ3v) is 2.95. The van der Waals surface area contributed by atoms with E-state index in [-0.39, 0.29) is 25.7 Å². The second-order valence-corrected chi connectivity index (χ2v) is 4.16. The molecule has 8 nitrogen and oxygen atoms in total. The number of H-pyrrole nitrogens is 1. The lowest BCUT2D eigenvalue weighted by Crippen LogP contribution is -2.35. The molecule has 0 radical (unpaired) electrons. The van der Waals surface area contributed by atoms with Crippen molar-refractivity contribution in [2.75, 3.05) is 19.8 Å². The van der Waals surface area contributed by atoms with Gasteiger partial charge in [0.1, 0.15) is 12.7 Å². The number of ether oxygens (including phenoxy) is 2. The van der Waals surface area contributed by atoms with E-state index in [1.807, 2.05) is 0 Å². The average molecular weight is 272 g/mol. The summed E-state index contributed by atoms with van der Waals surface area (Å²) in [7, 11) is 0. The summed E-state index contributed by atoms with van der Waals surface area (Å²) in [6.07, 6.45) is -1.15. The van der Waals surface area contributed by atoms with Gasteiger partial charge in [-0.3, -0.25) is 9.78 Å². The van der Waals surface area contributed by atoms with E-state index < -0.39 is 23.6 Å². The number of nitrogens with zero attached hydrogens (tertiary/aromatic N) is 1. The number of fused-ring (bicyclic) bond motifs is 1. The minimum absolute atomic E-state index is 0.0516. The van der Waals surface area contributed by atoms with Crippen LogP contribution in [0.1, 0.15) is 18.7 Å². The van der Waals surface area contributed by atoms with Crippen LogP contribution >= 0.6 is 0 Å². The fourth-order valence-corrected chi connectivity index (χ4v) is 1.99. The van der Waals surface area contributed by atoms with Crippen molar-refractivity contribution in [3.05, 3.63) is 26.4 Å². The number of rotatable bonds is 5. The fraction of sp³-hybridized carbons (Fsp3) is 0.636. The summed E-state index contributed by atoms with van der Waals surface area (Å²) < 4.78 is 11.9. The summed E-state index contributed by atoms with van der Waals surface area (Å²) >= 11 is 0. The van der Waals surface area contributed by atoms with Crippen LogP contribution in [0.5, 0.6) is 5.88 Å². The third-order valence-electron chi connectivity index (χ3n) is 2.95. The first-order chi connectivity index (χ1) is 9.12. The van der Waals surface area contributed by atoms with Crippen LogP contribution < -0.4 is 16.0 Å². The molecule has 1 aliphatic heterocycles. The molecule has 1 aromatic heterocycles. The molecule has 19 heavy (non-hydrogen) atoms. The van der Waals surface area contributed by atoms with Crippen LogP contribution in [0.4, 0.5) is 0 Å². The number of hydrogen-bond acceptors (Lipinski definition) is 6. The molecule has 1 atom stereocenters. The van der Waals surface area contributed by atoms with Gasteiger partial charge in [0.2, 0.25) is 5.88 Å². The Labute approximate surface area is 108 Å². The van der Waals surface area contributed by atoms with Gasteiger partial charge >= 0.3 is 5.69 Å². The molecule has 1 aromatic rings.